The van der Waals surface area contributed by atoms with Crippen LogP contribution in [0.25, 0.3) is 0 Å². The highest BCUT2D eigenvalue weighted by molar-refractivity contribution is 5.94. The molecule has 1 saturated heterocycles. The molecule has 2 heterocycles. The average molecular weight is 399 g/mol. The minimum atomic E-state index is -0.341. The first-order chi connectivity index (χ1) is 14.0. The Kier molecular flexibility index (Phi) is 7.24. The van der Waals surface area contributed by atoms with Gasteiger partial charge in [0.2, 0.25) is 0 Å². The standard InChI is InChI=1S/C21H29N5O3/c1-14(2)18-11-17(29-26-18)13-24-21(22-3)23-12-15-6-4-7-16(10-15)25-20(27)19-8-5-9-28-19/h4,6-7,10-11,14,19H,5,8-9,12-13H2,1-3H3,(H,25,27)(H2,22,23,24). The van der Waals surface area contributed by atoms with Crippen molar-refractivity contribution in [2.45, 2.75) is 51.8 Å². The molecule has 1 aromatic carbocycles. The molecule has 8 nitrogen and oxygen atoms in total. The minimum absolute atomic E-state index is 0.0853. The summed E-state index contributed by atoms with van der Waals surface area (Å²) < 4.78 is 10.8. The number of carbonyl (C=O) groups is 1. The molecule has 1 fully saturated rings. The van der Waals surface area contributed by atoms with E-state index in [1.807, 2.05) is 30.3 Å². The lowest BCUT2D eigenvalue weighted by Gasteiger charge is -2.13. The topological polar surface area (TPSA) is 101 Å². The van der Waals surface area contributed by atoms with Crippen LogP contribution in [0, 0.1) is 0 Å². The molecule has 0 aliphatic carbocycles. The Balaban J connectivity index is 1.49. The molecule has 3 N–H and O–H groups in total. The molecule has 1 aromatic heterocycles. The third kappa shape index (κ3) is 6.05. The summed E-state index contributed by atoms with van der Waals surface area (Å²) in [5, 5.41) is 13.5. The van der Waals surface area contributed by atoms with Crippen LogP contribution < -0.4 is 16.0 Å². The quantitative estimate of drug-likeness (QED) is 0.489. The Morgan fingerprint density at radius 3 is 2.79 bits per heavy atom. The molecule has 0 bridgehead atoms. The Morgan fingerprint density at radius 1 is 1.28 bits per heavy atom. The first-order valence-corrected chi connectivity index (χ1v) is 9.96. The van der Waals surface area contributed by atoms with E-state index in [9.17, 15) is 4.79 Å². The van der Waals surface area contributed by atoms with E-state index in [0.717, 1.165) is 35.5 Å². The van der Waals surface area contributed by atoms with E-state index in [0.29, 0.717) is 31.6 Å². The maximum Gasteiger partial charge on any atom is 0.253 e. The van der Waals surface area contributed by atoms with E-state index >= 15 is 0 Å². The molecule has 3 rings (SSSR count). The fourth-order valence-electron chi connectivity index (χ4n) is 3.03. The predicted octanol–water partition coefficient (Wildman–Crippen LogP) is 2.78. The number of rotatable bonds is 7. The highest BCUT2D eigenvalue weighted by atomic mass is 16.5. The molecular formula is C21H29N5O3. The molecule has 29 heavy (non-hydrogen) atoms. The zero-order valence-electron chi connectivity index (χ0n) is 17.2. The average Bonchev–Trinajstić information content (AvgIpc) is 3.41. The number of nitrogens with zero attached hydrogens (tertiary/aromatic N) is 2. The molecule has 1 unspecified atom stereocenters. The number of hydrogen-bond donors (Lipinski definition) is 3. The molecule has 0 saturated carbocycles. The van der Waals surface area contributed by atoms with Gasteiger partial charge in [0, 0.05) is 32.0 Å². The van der Waals surface area contributed by atoms with Gasteiger partial charge < -0.3 is 25.2 Å². The Bertz CT molecular complexity index is 840. The zero-order chi connectivity index (χ0) is 20.6. The molecule has 8 heteroatoms. The number of amides is 1. The lowest BCUT2D eigenvalue weighted by atomic mass is 10.1. The third-order valence-electron chi connectivity index (χ3n) is 4.70. The zero-order valence-corrected chi connectivity index (χ0v) is 17.2. The van der Waals surface area contributed by atoms with Crippen molar-refractivity contribution in [2.75, 3.05) is 19.0 Å². The van der Waals surface area contributed by atoms with Crippen molar-refractivity contribution >= 4 is 17.6 Å². The van der Waals surface area contributed by atoms with Gasteiger partial charge >= 0.3 is 0 Å². The summed E-state index contributed by atoms with van der Waals surface area (Å²) in [5.74, 6) is 1.66. The number of anilines is 1. The van der Waals surface area contributed by atoms with Crippen LogP contribution in [0.2, 0.25) is 0 Å². The van der Waals surface area contributed by atoms with Crippen molar-refractivity contribution in [3.05, 3.63) is 47.3 Å². The van der Waals surface area contributed by atoms with Crippen molar-refractivity contribution in [3.63, 3.8) is 0 Å². The number of aromatic nitrogens is 1. The van der Waals surface area contributed by atoms with Crippen molar-refractivity contribution in [1.82, 2.24) is 15.8 Å². The molecule has 0 spiro atoms. The van der Waals surface area contributed by atoms with E-state index in [4.69, 9.17) is 9.26 Å². The fourth-order valence-corrected chi connectivity index (χ4v) is 3.03. The molecule has 1 amide bonds. The van der Waals surface area contributed by atoms with Crippen LogP contribution in [0.3, 0.4) is 0 Å². The van der Waals surface area contributed by atoms with Crippen LogP contribution in [0.1, 0.15) is 49.6 Å². The number of carbonyl (C=O) groups excluding carboxylic acids is 1. The van der Waals surface area contributed by atoms with Crippen LogP contribution in [-0.2, 0) is 22.6 Å². The monoisotopic (exact) mass is 399 g/mol. The van der Waals surface area contributed by atoms with E-state index in [1.54, 1.807) is 7.05 Å². The smallest absolute Gasteiger partial charge is 0.253 e. The van der Waals surface area contributed by atoms with Gasteiger partial charge in [0.1, 0.15) is 6.10 Å². The third-order valence-corrected chi connectivity index (χ3v) is 4.70. The van der Waals surface area contributed by atoms with Crippen molar-refractivity contribution in [3.8, 4) is 0 Å². The number of ether oxygens (including phenoxy) is 1. The molecular weight excluding hydrogens is 370 g/mol. The lowest BCUT2D eigenvalue weighted by Crippen LogP contribution is -2.36. The molecule has 2 aromatic rings. The van der Waals surface area contributed by atoms with E-state index in [2.05, 4.69) is 39.9 Å². The van der Waals surface area contributed by atoms with E-state index in [-0.39, 0.29) is 12.0 Å². The summed E-state index contributed by atoms with van der Waals surface area (Å²) in [4.78, 5) is 16.4. The molecule has 1 aliphatic rings. The van der Waals surface area contributed by atoms with Gasteiger partial charge in [-0.3, -0.25) is 9.79 Å². The largest absolute Gasteiger partial charge is 0.368 e. The second kappa shape index (κ2) is 10.1. The van der Waals surface area contributed by atoms with Gasteiger partial charge in [0.15, 0.2) is 11.7 Å². The van der Waals surface area contributed by atoms with E-state index in [1.165, 1.54) is 0 Å². The van der Waals surface area contributed by atoms with Gasteiger partial charge in [-0.25, -0.2) is 0 Å². The Labute approximate surface area is 171 Å². The van der Waals surface area contributed by atoms with Crippen molar-refractivity contribution in [2.24, 2.45) is 4.99 Å². The highest BCUT2D eigenvalue weighted by Crippen LogP contribution is 2.16. The van der Waals surface area contributed by atoms with Crippen LogP contribution in [0.15, 0.2) is 39.8 Å². The molecule has 1 aliphatic heterocycles. The number of hydrogen-bond acceptors (Lipinski definition) is 5. The number of nitrogens with one attached hydrogen (secondary N) is 3. The first-order valence-electron chi connectivity index (χ1n) is 9.96. The lowest BCUT2D eigenvalue weighted by molar-refractivity contribution is -0.124. The van der Waals surface area contributed by atoms with Gasteiger partial charge in [0.05, 0.1) is 12.2 Å². The van der Waals surface area contributed by atoms with Crippen LogP contribution in [0.4, 0.5) is 5.69 Å². The second-order valence-corrected chi connectivity index (χ2v) is 7.34. The Morgan fingerprint density at radius 2 is 2.10 bits per heavy atom. The van der Waals surface area contributed by atoms with Crippen LogP contribution in [-0.4, -0.2) is 36.8 Å². The molecule has 0 radical (unpaired) electrons. The van der Waals surface area contributed by atoms with E-state index < -0.39 is 0 Å². The van der Waals surface area contributed by atoms with Crippen molar-refractivity contribution < 1.29 is 14.1 Å². The van der Waals surface area contributed by atoms with Crippen LogP contribution in [0.5, 0.6) is 0 Å². The maximum absolute atomic E-state index is 12.2. The van der Waals surface area contributed by atoms with Gasteiger partial charge in [-0.2, -0.15) is 0 Å². The number of aliphatic imine (C=N–C) groups is 1. The fraction of sp³-hybridized carbons (Fsp3) is 0.476. The summed E-state index contributed by atoms with van der Waals surface area (Å²) in [6, 6.07) is 9.68. The summed E-state index contributed by atoms with van der Waals surface area (Å²) in [7, 11) is 1.72. The second-order valence-electron chi connectivity index (χ2n) is 7.34. The number of benzene rings is 1. The van der Waals surface area contributed by atoms with Crippen LogP contribution >= 0.6 is 0 Å². The molecule has 1 atom stereocenters. The number of guanidine groups is 1. The van der Waals surface area contributed by atoms with Gasteiger partial charge in [-0.15, -0.1) is 0 Å². The normalized spacial score (nSPS) is 16.8. The van der Waals surface area contributed by atoms with Gasteiger partial charge in [-0.1, -0.05) is 31.1 Å². The first kappa shape index (κ1) is 20.9. The summed E-state index contributed by atoms with van der Waals surface area (Å²) >= 11 is 0. The predicted molar refractivity (Wildman–Crippen MR) is 112 cm³/mol. The van der Waals surface area contributed by atoms with Crippen molar-refractivity contribution in [1.29, 1.82) is 0 Å². The summed E-state index contributed by atoms with van der Waals surface area (Å²) in [5.41, 5.74) is 2.72. The SMILES string of the molecule is CN=C(NCc1cccc(NC(=O)C2CCCO2)c1)NCc1cc(C(C)C)no1. The Hall–Kier alpha value is -2.87. The summed E-state index contributed by atoms with van der Waals surface area (Å²) in [6.45, 7) is 5.87. The highest BCUT2D eigenvalue weighted by Gasteiger charge is 2.23. The maximum atomic E-state index is 12.2. The minimum Gasteiger partial charge on any atom is -0.368 e. The van der Waals surface area contributed by atoms with Gasteiger partial charge in [0.25, 0.3) is 5.91 Å². The van der Waals surface area contributed by atoms with Gasteiger partial charge in [-0.05, 0) is 36.5 Å². The molecule has 156 valence electrons. The summed E-state index contributed by atoms with van der Waals surface area (Å²) in [6.07, 6.45) is 1.37.